The molecular weight excluding hydrogens is 228 g/mol. The first-order valence-corrected chi connectivity index (χ1v) is 6.76. The standard InChI is InChI=1S/C14H30N2O2/c1-7-13(2,3)16(5)11-9-8-10-14(4,15)12(17)18-6/h7-11,15H2,1-6H3. The lowest BCUT2D eigenvalue weighted by atomic mass is 9.95. The molecule has 0 fully saturated rings. The van der Waals surface area contributed by atoms with Crippen LogP contribution in [0, 0.1) is 0 Å². The summed E-state index contributed by atoms with van der Waals surface area (Å²) in [6.45, 7) is 9.45. The van der Waals surface area contributed by atoms with E-state index < -0.39 is 5.54 Å². The third-order valence-corrected chi connectivity index (χ3v) is 3.99. The minimum Gasteiger partial charge on any atom is -0.468 e. The average Bonchev–Trinajstić information content (AvgIpc) is 2.32. The molecule has 0 aliphatic rings. The van der Waals surface area contributed by atoms with Gasteiger partial charge in [0.2, 0.25) is 0 Å². The fraction of sp³-hybridized carbons (Fsp3) is 0.929. The molecule has 4 heteroatoms. The highest BCUT2D eigenvalue weighted by molar-refractivity contribution is 5.79. The zero-order valence-electron chi connectivity index (χ0n) is 12.9. The van der Waals surface area contributed by atoms with Gasteiger partial charge in [-0.1, -0.05) is 6.92 Å². The molecule has 2 N–H and O–H groups in total. The molecule has 0 heterocycles. The molecule has 0 aromatic carbocycles. The molecule has 0 radical (unpaired) electrons. The van der Waals surface area contributed by atoms with Crippen LogP contribution in [-0.2, 0) is 9.53 Å². The molecule has 0 aliphatic heterocycles. The molecule has 0 aromatic heterocycles. The van der Waals surface area contributed by atoms with Gasteiger partial charge in [-0.2, -0.15) is 0 Å². The second-order valence-corrected chi connectivity index (χ2v) is 5.95. The van der Waals surface area contributed by atoms with Crippen molar-refractivity contribution in [2.24, 2.45) is 5.73 Å². The molecule has 4 nitrogen and oxygen atoms in total. The molecule has 0 rings (SSSR count). The maximum absolute atomic E-state index is 11.4. The van der Waals surface area contributed by atoms with Gasteiger partial charge in [-0.15, -0.1) is 0 Å². The number of hydrogen-bond acceptors (Lipinski definition) is 4. The van der Waals surface area contributed by atoms with E-state index in [9.17, 15) is 4.79 Å². The molecule has 1 unspecified atom stereocenters. The van der Waals surface area contributed by atoms with Gasteiger partial charge in [-0.3, -0.25) is 4.79 Å². The molecule has 0 spiro atoms. The van der Waals surface area contributed by atoms with E-state index in [1.165, 1.54) is 7.11 Å². The lowest BCUT2D eigenvalue weighted by molar-refractivity contribution is -0.146. The van der Waals surface area contributed by atoms with Crippen LogP contribution in [0.3, 0.4) is 0 Å². The van der Waals surface area contributed by atoms with Crippen LogP contribution in [0.5, 0.6) is 0 Å². The van der Waals surface area contributed by atoms with E-state index in [1.54, 1.807) is 6.92 Å². The molecule has 108 valence electrons. The third kappa shape index (κ3) is 5.36. The summed E-state index contributed by atoms with van der Waals surface area (Å²) in [7, 11) is 3.52. The zero-order valence-corrected chi connectivity index (χ0v) is 12.9. The second kappa shape index (κ2) is 7.10. The monoisotopic (exact) mass is 258 g/mol. The van der Waals surface area contributed by atoms with Gasteiger partial charge in [0.1, 0.15) is 5.54 Å². The van der Waals surface area contributed by atoms with Crippen molar-refractivity contribution < 1.29 is 9.53 Å². The number of rotatable bonds is 8. The van der Waals surface area contributed by atoms with Crippen LogP contribution in [-0.4, -0.2) is 42.6 Å². The molecule has 0 amide bonds. The Balaban J connectivity index is 3.97. The van der Waals surface area contributed by atoms with Crippen molar-refractivity contribution in [3.8, 4) is 0 Å². The van der Waals surface area contributed by atoms with E-state index in [-0.39, 0.29) is 11.5 Å². The van der Waals surface area contributed by atoms with Gasteiger partial charge >= 0.3 is 5.97 Å². The van der Waals surface area contributed by atoms with Crippen LogP contribution in [0.2, 0.25) is 0 Å². The normalized spacial score (nSPS) is 15.6. The molecule has 0 bridgehead atoms. The van der Waals surface area contributed by atoms with E-state index in [1.807, 2.05) is 0 Å². The van der Waals surface area contributed by atoms with Gasteiger partial charge in [0, 0.05) is 5.54 Å². The molecule has 0 saturated carbocycles. The SMILES string of the molecule is CCC(C)(C)N(C)CCCCC(C)(N)C(=O)OC. The number of hydrogen-bond donors (Lipinski definition) is 1. The number of nitrogens with zero attached hydrogens (tertiary/aromatic N) is 1. The maximum Gasteiger partial charge on any atom is 0.325 e. The van der Waals surface area contributed by atoms with Crippen LogP contribution in [0.15, 0.2) is 0 Å². The van der Waals surface area contributed by atoms with Gasteiger partial charge in [0.05, 0.1) is 7.11 Å². The summed E-state index contributed by atoms with van der Waals surface area (Å²) in [6, 6.07) is 0. The first kappa shape index (κ1) is 17.4. The van der Waals surface area contributed by atoms with Gasteiger partial charge in [-0.25, -0.2) is 0 Å². The van der Waals surface area contributed by atoms with Crippen molar-refractivity contribution in [1.82, 2.24) is 4.90 Å². The van der Waals surface area contributed by atoms with Crippen LogP contribution < -0.4 is 5.73 Å². The predicted molar refractivity (Wildman–Crippen MR) is 75.5 cm³/mol. The van der Waals surface area contributed by atoms with E-state index in [4.69, 9.17) is 10.5 Å². The van der Waals surface area contributed by atoms with Crippen molar-refractivity contribution in [3.05, 3.63) is 0 Å². The van der Waals surface area contributed by atoms with Gasteiger partial charge in [0.25, 0.3) is 0 Å². The van der Waals surface area contributed by atoms with Crippen molar-refractivity contribution in [2.45, 2.75) is 64.5 Å². The smallest absolute Gasteiger partial charge is 0.325 e. The summed E-state index contributed by atoms with van der Waals surface area (Å²) >= 11 is 0. The Kier molecular flexibility index (Phi) is 6.86. The molecule has 0 aliphatic carbocycles. The first-order valence-electron chi connectivity index (χ1n) is 6.76. The van der Waals surface area contributed by atoms with E-state index >= 15 is 0 Å². The zero-order chi connectivity index (χ0) is 14.4. The highest BCUT2D eigenvalue weighted by Crippen LogP contribution is 2.18. The number of carbonyl (C=O) groups is 1. The van der Waals surface area contributed by atoms with Gasteiger partial charge in [-0.05, 0) is 60.0 Å². The Bertz CT molecular complexity index is 263. The maximum atomic E-state index is 11.4. The lowest BCUT2D eigenvalue weighted by Crippen LogP contribution is -2.46. The number of methoxy groups -OCH3 is 1. The highest BCUT2D eigenvalue weighted by atomic mass is 16.5. The molecule has 0 aromatic rings. The fourth-order valence-electron chi connectivity index (χ4n) is 1.75. The minimum absolute atomic E-state index is 0.231. The molecule has 18 heavy (non-hydrogen) atoms. The van der Waals surface area contributed by atoms with E-state index in [2.05, 4.69) is 32.7 Å². The molecule has 0 saturated heterocycles. The van der Waals surface area contributed by atoms with Crippen molar-refractivity contribution in [2.75, 3.05) is 20.7 Å². The summed E-state index contributed by atoms with van der Waals surface area (Å²) in [6.07, 6.45) is 3.77. The van der Waals surface area contributed by atoms with Crippen LogP contribution >= 0.6 is 0 Å². The summed E-state index contributed by atoms with van der Waals surface area (Å²) < 4.78 is 4.69. The number of nitrogens with two attached hydrogens (primary N) is 1. The average molecular weight is 258 g/mol. The fourth-order valence-corrected chi connectivity index (χ4v) is 1.75. The molecule has 1 atom stereocenters. The summed E-state index contributed by atoms with van der Waals surface area (Å²) in [5.41, 5.74) is 5.29. The number of carbonyl (C=O) groups excluding carboxylic acids is 1. The number of unbranched alkanes of at least 4 members (excludes halogenated alkanes) is 1. The predicted octanol–water partition coefficient (Wildman–Crippen LogP) is 2.17. The Hall–Kier alpha value is -0.610. The summed E-state index contributed by atoms with van der Waals surface area (Å²) in [5.74, 6) is -0.329. The van der Waals surface area contributed by atoms with Gasteiger partial charge in [0.15, 0.2) is 0 Å². The Morgan fingerprint density at radius 2 is 1.83 bits per heavy atom. The lowest BCUT2D eigenvalue weighted by Gasteiger charge is -2.35. The van der Waals surface area contributed by atoms with Crippen molar-refractivity contribution >= 4 is 5.97 Å². The minimum atomic E-state index is -0.854. The topological polar surface area (TPSA) is 55.6 Å². The Labute approximate surface area is 112 Å². The quantitative estimate of drug-likeness (QED) is 0.535. The van der Waals surface area contributed by atoms with E-state index in [0.29, 0.717) is 6.42 Å². The highest BCUT2D eigenvalue weighted by Gasteiger charge is 2.28. The summed E-state index contributed by atoms with van der Waals surface area (Å²) in [5, 5.41) is 0. The third-order valence-electron chi connectivity index (χ3n) is 3.99. The van der Waals surface area contributed by atoms with Crippen LogP contribution in [0.1, 0.15) is 53.4 Å². The van der Waals surface area contributed by atoms with Crippen LogP contribution in [0.25, 0.3) is 0 Å². The van der Waals surface area contributed by atoms with Crippen molar-refractivity contribution in [1.29, 1.82) is 0 Å². The Morgan fingerprint density at radius 3 is 2.28 bits per heavy atom. The number of ether oxygens (including phenoxy) is 1. The molecular formula is C14H30N2O2. The Morgan fingerprint density at radius 1 is 1.28 bits per heavy atom. The van der Waals surface area contributed by atoms with Crippen LogP contribution in [0.4, 0.5) is 0 Å². The first-order chi connectivity index (χ1) is 8.17. The van der Waals surface area contributed by atoms with Gasteiger partial charge < -0.3 is 15.4 Å². The second-order valence-electron chi connectivity index (χ2n) is 5.95. The number of esters is 1. The van der Waals surface area contributed by atoms with Crippen molar-refractivity contribution in [3.63, 3.8) is 0 Å². The summed E-state index contributed by atoms with van der Waals surface area (Å²) in [4.78, 5) is 13.8. The largest absolute Gasteiger partial charge is 0.468 e. The van der Waals surface area contributed by atoms with E-state index in [0.717, 1.165) is 25.8 Å².